The highest BCUT2D eigenvalue weighted by molar-refractivity contribution is 6.00. The van der Waals surface area contributed by atoms with Crippen molar-refractivity contribution in [1.82, 2.24) is 14.9 Å². The zero-order chi connectivity index (χ0) is 17.2. The van der Waals surface area contributed by atoms with E-state index >= 15 is 0 Å². The van der Waals surface area contributed by atoms with E-state index in [0.717, 1.165) is 55.2 Å². The van der Waals surface area contributed by atoms with Crippen LogP contribution in [0.15, 0.2) is 30.5 Å². The summed E-state index contributed by atoms with van der Waals surface area (Å²) in [6.07, 6.45) is 7.66. The molecular weight excluding hydrogens is 312 g/mol. The fourth-order valence-electron chi connectivity index (χ4n) is 4.04. The second kappa shape index (κ2) is 6.90. The number of nitrogens with one attached hydrogen (secondary N) is 1. The second-order valence-corrected chi connectivity index (χ2v) is 7.22. The van der Waals surface area contributed by atoms with E-state index in [9.17, 15) is 4.79 Å². The zero-order valence-electron chi connectivity index (χ0n) is 14.9. The largest absolute Gasteiger partial charge is 0.371 e. The molecule has 0 bridgehead atoms. The summed E-state index contributed by atoms with van der Waals surface area (Å²) in [6.45, 7) is 4.93. The number of aryl methyl sites for hydroxylation is 2. The summed E-state index contributed by atoms with van der Waals surface area (Å²) >= 11 is 0. The molecule has 0 unspecified atom stereocenters. The van der Waals surface area contributed by atoms with Crippen LogP contribution in [-0.2, 0) is 13.0 Å². The van der Waals surface area contributed by atoms with Gasteiger partial charge in [0.05, 0.1) is 11.3 Å². The van der Waals surface area contributed by atoms with Gasteiger partial charge in [0.2, 0.25) is 0 Å². The van der Waals surface area contributed by atoms with Crippen molar-refractivity contribution in [3.8, 4) is 0 Å². The van der Waals surface area contributed by atoms with E-state index < -0.39 is 0 Å². The maximum absolute atomic E-state index is 12.9. The Hall–Kier alpha value is -2.30. The van der Waals surface area contributed by atoms with Gasteiger partial charge in [-0.3, -0.25) is 4.79 Å². The fraction of sp³-hybridized carbons (Fsp3) is 0.500. The van der Waals surface area contributed by atoms with Crippen LogP contribution >= 0.6 is 0 Å². The Morgan fingerprint density at radius 1 is 1.20 bits per heavy atom. The predicted octanol–water partition coefficient (Wildman–Crippen LogP) is 2.93. The lowest BCUT2D eigenvalue weighted by Gasteiger charge is -2.31. The van der Waals surface area contributed by atoms with Gasteiger partial charge < -0.3 is 14.8 Å². The standard InChI is InChI=1S/C20H26N4O/c1-15-13-24-14-16(9-10-19(24)21-15)22-20(25)17-7-3-4-8-18(17)23-11-5-2-6-12-23/h3-4,7-8,13,16H,2,5-6,9-12,14H2,1H3,(H,22,25)/t16-/m1/s1. The maximum atomic E-state index is 12.9. The molecule has 2 aromatic rings. The molecule has 0 saturated carbocycles. The number of anilines is 1. The summed E-state index contributed by atoms with van der Waals surface area (Å²) < 4.78 is 2.18. The van der Waals surface area contributed by atoms with Gasteiger partial charge in [-0.1, -0.05) is 12.1 Å². The molecule has 5 nitrogen and oxygen atoms in total. The number of hydrogen-bond acceptors (Lipinski definition) is 3. The van der Waals surface area contributed by atoms with E-state index in [1.165, 1.54) is 19.3 Å². The molecule has 0 aliphatic carbocycles. The van der Waals surface area contributed by atoms with Gasteiger partial charge in [-0.25, -0.2) is 4.98 Å². The smallest absolute Gasteiger partial charge is 0.253 e. The number of piperidine rings is 1. The highest BCUT2D eigenvalue weighted by Gasteiger charge is 2.24. The van der Waals surface area contributed by atoms with Crippen LogP contribution in [0.2, 0.25) is 0 Å². The van der Waals surface area contributed by atoms with E-state index in [1.807, 2.05) is 25.1 Å². The van der Waals surface area contributed by atoms with Crippen LogP contribution in [0.1, 0.15) is 47.6 Å². The lowest BCUT2D eigenvalue weighted by atomic mass is 10.0. The molecule has 2 aliphatic rings. The van der Waals surface area contributed by atoms with Crippen molar-refractivity contribution in [2.24, 2.45) is 0 Å². The fourth-order valence-corrected chi connectivity index (χ4v) is 4.04. The molecule has 1 atom stereocenters. The van der Waals surface area contributed by atoms with Gasteiger partial charge in [0, 0.05) is 44.0 Å². The van der Waals surface area contributed by atoms with Gasteiger partial charge >= 0.3 is 0 Å². The molecule has 2 aliphatic heterocycles. The van der Waals surface area contributed by atoms with Gasteiger partial charge in [-0.2, -0.15) is 0 Å². The summed E-state index contributed by atoms with van der Waals surface area (Å²) in [5, 5.41) is 3.25. The van der Waals surface area contributed by atoms with Crippen LogP contribution in [0.5, 0.6) is 0 Å². The van der Waals surface area contributed by atoms with Crippen LogP contribution in [-0.4, -0.2) is 34.6 Å². The van der Waals surface area contributed by atoms with Crippen molar-refractivity contribution in [3.63, 3.8) is 0 Å². The SMILES string of the molecule is Cc1cn2c(n1)CC[C@@H](NC(=O)c1ccccc1N1CCCCC1)C2. The molecule has 1 amide bonds. The maximum Gasteiger partial charge on any atom is 0.253 e. The average molecular weight is 338 g/mol. The van der Waals surface area contributed by atoms with E-state index in [2.05, 4.69) is 32.0 Å². The molecule has 4 rings (SSSR count). The monoisotopic (exact) mass is 338 g/mol. The lowest BCUT2D eigenvalue weighted by molar-refractivity contribution is 0.0928. The number of fused-ring (bicyclic) bond motifs is 1. The Kier molecular flexibility index (Phi) is 4.47. The summed E-state index contributed by atoms with van der Waals surface area (Å²) in [4.78, 5) is 19.8. The van der Waals surface area contributed by atoms with Crippen molar-refractivity contribution in [2.75, 3.05) is 18.0 Å². The molecule has 3 heterocycles. The van der Waals surface area contributed by atoms with Crippen LogP contribution in [0.3, 0.4) is 0 Å². The minimum atomic E-state index is 0.0476. The van der Waals surface area contributed by atoms with E-state index in [1.54, 1.807) is 0 Å². The molecule has 1 fully saturated rings. The number of carbonyl (C=O) groups excluding carboxylic acids is 1. The van der Waals surface area contributed by atoms with Crippen LogP contribution in [0.25, 0.3) is 0 Å². The number of benzene rings is 1. The first-order valence-corrected chi connectivity index (χ1v) is 9.38. The predicted molar refractivity (Wildman–Crippen MR) is 99.0 cm³/mol. The Morgan fingerprint density at radius 3 is 2.84 bits per heavy atom. The minimum Gasteiger partial charge on any atom is -0.371 e. The number of para-hydroxylation sites is 1. The molecule has 1 N–H and O–H groups in total. The number of carbonyl (C=O) groups is 1. The molecule has 132 valence electrons. The summed E-state index contributed by atoms with van der Waals surface area (Å²) in [5.74, 6) is 1.18. The highest BCUT2D eigenvalue weighted by atomic mass is 16.1. The van der Waals surface area contributed by atoms with Crippen molar-refractivity contribution < 1.29 is 4.79 Å². The van der Waals surface area contributed by atoms with Crippen LogP contribution in [0, 0.1) is 6.92 Å². The quantitative estimate of drug-likeness (QED) is 0.936. The van der Waals surface area contributed by atoms with Gasteiger partial charge in [-0.05, 0) is 44.7 Å². The number of aromatic nitrogens is 2. The first kappa shape index (κ1) is 16.2. The van der Waals surface area contributed by atoms with E-state index in [4.69, 9.17) is 0 Å². The first-order chi connectivity index (χ1) is 12.2. The summed E-state index contributed by atoms with van der Waals surface area (Å²) in [6, 6.07) is 8.19. The van der Waals surface area contributed by atoms with Crippen molar-refractivity contribution in [3.05, 3.63) is 47.5 Å². The van der Waals surface area contributed by atoms with Crippen molar-refractivity contribution >= 4 is 11.6 Å². The van der Waals surface area contributed by atoms with E-state index in [-0.39, 0.29) is 11.9 Å². The van der Waals surface area contributed by atoms with E-state index in [0.29, 0.717) is 0 Å². The van der Waals surface area contributed by atoms with Gasteiger partial charge in [-0.15, -0.1) is 0 Å². The Bertz CT molecular complexity index is 761. The molecular formula is C20H26N4O. The third-order valence-corrected chi connectivity index (χ3v) is 5.29. The summed E-state index contributed by atoms with van der Waals surface area (Å²) in [7, 11) is 0. The van der Waals surface area contributed by atoms with Crippen LogP contribution in [0.4, 0.5) is 5.69 Å². The number of hydrogen-bond donors (Lipinski definition) is 1. The lowest BCUT2D eigenvalue weighted by Crippen LogP contribution is -2.41. The molecule has 1 saturated heterocycles. The Labute approximate surface area is 149 Å². The van der Waals surface area contributed by atoms with Crippen molar-refractivity contribution in [2.45, 2.75) is 51.6 Å². The minimum absolute atomic E-state index is 0.0476. The average Bonchev–Trinajstić information content (AvgIpc) is 3.02. The topological polar surface area (TPSA) is 50.2 Å². The molecule has 0 radical (unpaired) electrons. The third-order valence-electron chi connectivity index (χ3n) is 5.29. The number of rotatable bonds is 3. The highest BCUT2D eigenvalue weighted by Crippen LogP contribution is 2.24. The van der Waals surface area contributed by atoms with Gasteiger partial charge in [0.25, 0.3) is 5.91 Å². The number of nitrogens with zero attached hydrogens (tertiary/aromatic N) is 3. The third kappa shape index (κ3) is 3.41. The molecule has 1 aromatic carbocycles. The summed E-state index contributed by atoms with van der Waals surface area (Å²) in [5.41, 5.74) is 2.93. The molecule has 5 heteroatoms. The molecule has 0 spiro atoms. The Balaban J connectivity index is 1.48. The van der Waals surface area contributed by atoms with Gasteiger partial charge in [0.15, 0.2) is 0 Å². The van der Waals surface area contributed by atoms with Crippen molar-refractivity contribution in [1.29, 1.82) is 0 Å². The Morgan fingerprint density at radius 2 is 2.00 bits per heavy atom. The molecule has 1 aromatic heterocycles. The normalized spacial score (nSPS) is 20.2. The van der Waals surface area contributed by atoms with Crippen LogP contribution < -0.4 is 10.2 Å². The number of imidazole rings is 1. The second-order valence-electron chi connectivity index (χ2n) is 7.22. The first-order valence-electron chi connectivity index (χ1n) is 9.38. The molecule has 25 heavy (non-hydrogen) atoms. The van der Waals surface area contributed by atoms with Gasteiger partial charge in [0.1, 0.15) is 5.82 Å². The zero-order valence-corrected chi connectivity index (χ0v) is 14.9. The number of amides is 1.